The number of aromatic nitrogens is 3. The summed E-state index contributed by atoms with van der Waals surface area (Å²) >= 11 is 6.21. The minimum absolute atomic E-state index is 0.0569. The number of piperazine rings is 1. The van der Waals surface area contributed by atoms with Crippen LogP contribution in [0, 0.1) is 6.92 Å². The molecule has 0 N–H and O–H groups in total. The van der Waals surface area contributed by atoms with Crippen LogP contribution in [0.15, 0.2) is 24.3 Å². The molecule has 1 aliphatic heterocycles. The van der Waals surface area contributed by atoms with Crippen molar-refractivity contribution < 1.29 is 22.7 Å². The van der Waals surface area contributed by atoms with Gasteiger partial charge in [0.15, 0.2) is 0 Å². The van der Waals surface area contributed by atoms with Gasteiger partial charge in [0.25, 0.3) is 5.91 Å². The molecule has 164 valence electrons. The average Bonchev–Trinajstić information content (AvgIpc) is 3.08. The average molecular weight is 446 g/mol. The summed E-state index contributed by atoms with van der Waals surface area (Å²) in [5, 5.41) is 4.84. The van der Waals surface area contributed by atoms with Crippen molar-refractivity contribution >= 4 is 17.5 Å². The van der Waals surface area contributed by atoms with Crippen LogP contribution in [0.3, 0.4) is 0 Å². The van der Waals surface area contributed by atoms with Crippen LogP contribution in [0.1, 0.15) is 22.9 Å². The molecule has 0 atom stereocenters. The Hall–Kier alpha value is -2.17. The van der Waals surface area contributed by atoms with Crippen LogP contribution in [-0.2, 0) is 4.74 Å². The molecule has 0 unspecified atom stereocenters. The summed E-state index contributed by atoms with van der Waals surface area (Å²) in [6.45, 7) is 3.49. The van der Waals surface area contributed by atoms with E-state index in [-0.39, 0.29) is 18.3 Å². The van der Waals surface area contributed by atoms with Crippen molar-refractivity contribution in [1.29, 1.82) is 0 Å². The minimum atomic E-state index is -4.29. The minimum Gasteiger partial charge on any atom is -0.372 e. The van der Waals surface area contributed by atoms with Crippen molar-refractivity contribution in [2.45, 2.75) is 19.5 Å². The predicted octanol–water partition coefficient (Wildman–Crippen LogP) is 2.96. The molecule has 1 aromatic heterocycles. The van der Waals surface area contributed by atoms with Crippen LogP contribution in [0.5, 0.6) is 0 Å². The highest BCUT2D eigenvalue weighted by molar-refractivity contribution is 6.32. The number of ether oxygens (including phenoxy) is 1. The maximum absolute atomic E-state index is 12.8. The van der Waals surface area contributed by atoms with Crippen LogP contribution in [-0.4, -0.2) is 82.6 Å². The quantitative estimate of drug-likeness (QED) is 0.613. The van der Waals surface area contributed by atoms with Gasteiger partial charge in [-0.2, -0.15) is 13.2 Å². The second-order valence-electron chi connectivity index (χ2n) is 7.00. The third-order valence-corrected chi connectivity index (χ3v) is 5.05. The third-order valence-electron chi connectivity index (χ3n) is 4.73. The zero-order valence-corrected chi connectivity index (χ0v) is 17.3. The van der Waals surface area contributed by atoms with E-state index < -0.39 is 12.8 Å². The van der Waals surface area contributed by atoms with Gasteiger partial charge in [-0.1, -0.05) is 23.7 Å². The molecule has 2 heterocycles. The molecule has 0 spiro atoms. The molecule has 1 aromatic carbocycles. The van der Waals surface area contributed by atoms with Crippen molar-refractivity contribution in [1.82, 2.24) is 24.6 Å². The van der Waals surface area contributed by atoms with E-state index in [1.165, 1.54) is 0 Å². The standard InChI is InChI=1S/C19H23ClF3N5O2/c1-14-24-17(25-28(14)16-6-3-2-5-15(16)20)18(29)27-10-8-26(9-11-27)7-4-12-30-13-19(21,22)23/h2-3,5-6H,4,7-13H2,1H3. The normalized spacial score (nSPS) is 15.6. The molecule has 11 heteroatoms. The molecule has 0 aliphatic carbocycles. The highest BCUT2D eigenvalue weighted by Crippen LogP contribution is 2.20. The Balaban J connectivity index is 1.49. The van der Waals surface area contributed by atoms with Gasteiger partial charge in [0.1, 0.15) is 12.4 Å². The lowest BCUT2D eigenvalue weighted by Crippen LogP contribution is -2.49. The van der Waals surface area contributed by atoms with Crippen molar-refractivity contribution in [2.24, 2.45) is 0 Å². The summed E-state index contributed by atoms with van der Waals surface area (Å²) in [5.41, 5.74) is 0.653. The molecule has 30 heavy (non-hydrogen) atoms. The number of benzene rings is 1. The van der Waals surface area contributed by atoms with Crippen LogP contribution in [0.4, 0.5) is 13.2 Å². The number of halogens is 4. The highest BCUT2D eigenvalue weighted by atomic mass is 35.5. The van der Waals surface area contributed by atoms with E-state index in [0.717, 1.165) is 0 Å². The van der Waals surface area contributed by atoms with Crippen molar-refractivity contribution in [2.75, 3.05) is 45.9 Å². The number of rotatable bonds is 7. The van der Waals surface area contributed by atoms with E-state index in [1.807, 2.05) is 12.1 Å². The largest absolute Gasteiger partial charge is 0.411 e. The molecule has 7 nitrogen and oxygen atoms in total. The van der Waals surface area contributed by atoms with Crippen LogP contribution in [0.2, 0.25) is 5.02 Å². The number of amides is 1. The SMILES string of the molecule is Cc1nc(C(=O)N2CCN(CCCOCC(F)(F)F)CC2)nn1-c1ccccc1Cl. The van der Waals surface area contributed by atoms with Gasteiger partial charge < -0.3 is 9.64 Å². The fraction of sp³-hybridized carbons (Fsp3) is 0.526. The maximum atomic E-state index is 12.8. The van der Waals surface area contributed by atoms with E-state index in [2.05, 4.69) is 19.7 Å². The van der Waals surface area contributed by atoms with E-state index in [4.69, 9.17) is 11.6 Å². The summed E-state index contributed by atoms with van der Waals surface area (Å²) in [5.74, 6) is 0.419. The fourth-order valence-corrected chi connectivity index (χ4v) is 3.44. The molecule has 0 radical (unpaired) electrons. The van der Waals surface area contributed by atoms with E-state index in [0.29, 0.717) is 55.7 Å². The second-order valence-corrected chi connectivity index (χ2v) is 7.41. The summed E-state index contributed by atoms with van der Waals surface area (Å²) in [6.07, 6.45) is -3.79. The number of hydrogen-bond donors (Lipinski definition) is 0. The first-order chi connectivity index (χ1) is 14.2. The molecular formula is C19H23ClF3N5O2. The molecule has 3 rings (SSSR count). The Morgan fingerprint density at radius 1 is 1.20 bits per heavy atom. The van der Waals surface area contributed by atoms with Crippen molar-refractivity contribution in [3.8, 4) is 5.69 Å². The predicted molar refractivity (Wildman–Crippen MR) is 105 cm³/mol. The van der Waals surface area contributed by atoms with E-state index in [1.54, 1.807) is 28.6 Å². The molecular weight excluding hydrogens is 423 g/mol. The molecule has 2 aromatic rings. The zero-order chi connectivity index (χ0) is 21.7. The molecule has 1 fully saturated rings. The van der Waals surface area contributed by atoms with Gasteiger partial charge in [0.05, 0.1) is 10.7 Å². The second kappa shape index (κ2) is 9.76. The smallest absolute Gasteiger partial charge is 0.372 e. The molecule has 0 bridgehead atoms. The summed E-state index contributed by atoms with van der Waals surface area (Å²) in [6, 6.07) is 7.19. The first-order valence-electron chi connectivity index (χ1n) is 9.59. The van der Waals surface area contributed by atoms with E-state index >= 15 is 0 Å². The highest BCUT2D eigenvalue weighted by Gasteiger charge is 2.28. The third kappa shape index (κ3) is 5.93. The van der Waals surface area contributed by atoms with Crippen LogP contribution < -0.4 is 0 Å². The van der Waals surface area contributed by atoms with Gasteiger partial charge in [0.2, 0.25) is 5.82 Å². The molecule has 1 aliphatic rings. The van der Waals surface area contributed by atoms with Gasteiger partial charge in [0, 0.05) is 39.3 Å². The monoisotopic (exact) mass is 445 g/mol. The Bertz CT molecular complexity index is 866. The zero-order valence-electron chi connectivity index (χ0n) is 16.5. The Morgan fingerprint density at radius 2 is 1.90 bits per heavy atom. The van der Waals surface area contributed by atoms with Gasteiger partial charge >= 0.3 is 6.18 Å². The molecule has 0 saturated carbocycles. The van der Waals surface area contributed by atoms with Crippen LogP contribution in [0.25, 0.3) is 5.69 Å². The number of carbonyl (C=O) groups excluding carboxylic acids is 1. The number of nitrogens with zero attached hydrogens (tertiary/aromatic N) is 5. The first-order valence-corrected chi connectivity index (χ1v) is 9.97. The Kier molecular flexibility index (Phi) is 7.32. The number of alkyl halides is 3. The Morgan fingerprint density at radius 3 is 2.57 bits per heavy atom. The summed E-state index contributed by atoms with van der Waals surface area (Å²) in [7, 11) is 0. The van der Waals surface area contributed by atoms with Crippen LogP contribution >= 0.6 is 11.6 Å². The molecule has 1 saturated heterocycles. The number of carbonyl (C=O) groups is 1. The fourth-order valence-electron chi connectivity index (χ4n) is 3.23. The summed E-state index contributed by atoms with van der Waals surface area (Å²) in [4.78, 5) is 20.9. The molecule has 1 amide bonds. The number of aryl methyl sites for hydroxylation is 1. The van der Waals surface area contributed by atoms with Gasteiger partial charge in [-0.25, -0.2) is 9.67 Å². The topological polar surface area (TPSA) is 63.5 Å². The van der Waals surface area contributed by atoms with Crippen molar-refractivity contribution in [3.63, 3.8) is 0 Å². The van der Waals surface area contributed by atoms with Gasteiger partial charge in [-0.3, -0.25) is 9.69 Å². The Labute approximate surface area is 177 Å². The summed E-state index contributed by atoms with van der Waals surface area (Å²) < 4.78 is 42.3. The number of para-hydroxylation sites is 1. The number of hydrogen-bond acceptors (Lipinski definition) is 5. The lowest BCUT2D eigenvalue weighted by atomic mass is 10.3. The van der Waals surface area contributed by atoms with E-state index in [9.17, 15) is 18.0 Å². The first kappa shape index (κ1) is 22.5. The lowest BCUT2D eigenvalue weighted by Gasteiger charge is -2.34. The lowest BCUT2D eigenvalue weighted by molar-refractivity contribution is -0.174. The van der Waals surface area contributed by atoms with Gasteiger partial charge in [-0.15, -0.1) is 5.10 Å². The van der Waals surface area contributed by atoms with Crippen molar-refractivity contribution in [3.05, 3.63) is 40.9 Å². The maximum Gasteiger partial charge on any atom is 0.411 e. The van der Waals surface area contributed by atoms with Gasteiger partial charge in [-0.05, 0) is 25.5 Å².